The zero-order valence-electron chi connectivity index (χ0n) is 11.0. The lowest BCUT2D eigenvalue weighted by molar-refractivity contribution is -0.136. The van der Waals surface area contributed by atoms with Crippen LogP contribution >= 0.6 is 11.6 Å². The van der Waals surface area contributed by atoms with Gasteiger partial charge in [0, 0.05) is 6.54 Å². The van der Waals surface area contributed by atoms with Gasteiger partial charge in [0.15, 0.2) is 0 Å². The Balaban J connectivity index is 2.09. The van der Waals surface area contributed by atoms with Crippen LogP contribution in [0, 0.1) is 0 Å². The summed E-state index contributed by atoms with van der Waals surface area (Å²) in [5.41, 5.74) is 0.127. The van der Waals surface area contributed by atoms with E-state index in [9.17, 15) is 13.2 Å². The Hall–Kier alpha value is -1.94. The molecule has 2 rings (SSSR count). The number of benzene rings is 2. The van der Waals surface area contributed by atoms with Crippen LogP contribution in [0.25, 0.3) is 6.08 Å². The molecule has 0 amide bonds. The van der Waals surface area contributed by atoms with Gasteiger partial charge < -0.3 is 5.32 Å². The van der Waals surface area contributed by atoms with Crippen LogP contribution < -0.4 is 5.32 Å². The van der Waals surface area contributed by atoms with Gasteiger partial charge in [-0.05, 0) is 17.7 Å². The number of nitrogens with one attached hydrogen (secondary N) is 1. The predicted octanol–water partition coefficient (Wildman–Crippen LogP) is 5.48. The molecule has 2 aromatic rings. The molecule has 0 saturated carbocycles. The number of alkyl halides is 3. The quantitative estimate of drug-likeness (QED) is 0.788. The van der Waals surface area contributed by atoms with Gasteiger partial charge in [-0.15, -0.1) is 0 Å². The lowest BCUT2D eigenvalue weighted by Gasteiger charge is -2.14. The van der Waals surface area contributed by atoms with Crippen molar-refractivity contribution in [1.29, 1.82) is 0 Å². The monoisotopic (exact) mass is 311 g/mol. The number of halogens is 4. The van der Waals surface area contributed by atoms with Gasteiger partial charge in [-0.25, -0.2) is 0 Å². The van der Waals surface area contributed by atoms with Crippen LogP contribution in [0.1, 0.15) is 11.1 Å². The molecule has 0 aliphatic heterocycles. The number of anilines is 1. The Morgan fingerprint density at radius 1 is 1.00 bits per heavy atom. The highest BCUT2D eigenvalue weighted by Crippen LogP contribution is 2.38. The third kappa shape index (κ3) is 4.26. The molecule has 0 aromatic heterocycles. The average Bonchev–Trinajstić information content (AvgIpc) is 2.45. The molecule has 0 aliphatic rings. The SMILES string of the molecule is FC(F)(F)c1cccc(Cl)c1NCC=Cc1ccccc1. The van der Waals surface area contributed by atoms with Gasteiger partial charge in [-0.3, -0.25) is 0 Å². The minimum absolute atomic E-state index is 0.0536. The van der Waals surface area contributed by atoms with E-state index in [2.05, 4.69) is 5.32 Å². The highest BCUT2D eigenvalue weighted by Gasteiger charge is 2.34. The van der Waals surface area contributed by atoms with Crippen LogP contribution in [0.15, 0.2) is 54.6 Å². The molecule has 0 radical (unpaired) electrons. The van der Waals surface area contributed by atoms with E-state index in [1.165, 1.54) is 12.1 Å². The van der Waals surface area contributed by atoms with Gasteiger partial charge >= 0.3 is 6.18 Å². The van der Waals surface area contributed by atoms with Crippen LogP contribution in [0.2, 0.25) is 5.02 Å². The molecule has 1 N–H and O–H groups in total. The second-order valence-corrected chi connectivity index (χ2v) is 4.76. The van der Waals surface area contributed by atoms with E-state index >= 15 is 0 Å². The van der Waals surface area contributed by atoms with Crippen LogP contribution in [-0.2, 0) is 6.18 Å². The Labute approximate surface area is 126 Å². The molecule has 110 valence electrons. The number of hydrogen-bond donors (Lipinski definition) is 1. The fraction of sp³-hybridized carbons (Fsp3) is 0.125. The van der Waals surface area contributed by atoms with Gasteiger partial charge in [-0.2, -0.15) is 13.2 Å². The highest BCUT2D eigenvalue weighted by atomic mass is 35.5. The topological polar surface area (TPSA) is 12.0 Å². The first-order valence-electron chi connectivity index (χ1n) is 6.29. The van der Waals surface area contributed by atoms with Crippen molar-refractivity contribution in [2.24, 2.45) is 0 Å². The van der Waals surface area contributed by atoms with Crippen molar-refractivity contribution >= 4 is 23.4 Å². The average molecular weight is 312 g/mol. The fourth-order valence-corrected chi connectivity index (χ4v) is 2.10. The van der Waals surface area contributed by atoms with Gasteiger partial charge in [-0.1, -0.05) is 60.2 Å². The maximum Gasteiger partial charge on any atom is 0.418 e. The summed E-state index contributed by atoms with van der Waals surface area (Å²) >= 11 is 5.84. The lowest BCUT2D eigenvalue weighted by atomic mass is 10.1. The predicted molar refractivity (Wildman–Crippen MR) is 80.4 cm³/mol. The van der Waals surface area contributed by atoms with E-state index in [0.29, 0.717) is 0 Å². The smallest absolute Gasteiger partial charge is 0.380 e. The van der Waals surface area contributed by atoms with Crippen molar-refractivity contribution in [2.45, 2.75) is 6.18 Å². The summed E-state index contributed by atoms with van der Waals surface area (Å²) in [6.07, 6.45) is -0.855. The summed E-state index contributed by atoms with van der Waals surface area (Å²) in [7, 11) is 0. The molecule has 0 spiro atoms. The van der Waals surface area contributed by atoms with Crippen LogP contribution in [0.3, 0.4) is 0 Å². The Morgan fingerprint density at radius 3 is 2.38 bits per heavy atom. The van der Waals surface area contributed by atoms with Gasteiger partial charge in [0.05, 0.1) is 16.3 Å². The molecule has 0 heterocycles. The van der Waals surface area contributed by atoms with Crippen LogP contribution in [0.4, 0.5) is 18.9 Å². The molecule has 21 heavy (non-hydrogen) atoms. The summed E-state index contributed by atoms with van der Waals surface area (Å²) in [4.78, 5) is 0. The summed E-state index contributed by atoms with van der Waals surface area (Å²) in [6, 6.07) is 13.2. The molecule has 0 unspecified atom stereocenters. The van der Waals surface area contributed by atoms with Gasteiger partial charge in [0.2, 0.25) is 0 Å². The normalized spacial score (nSPS) is 11.8. The second-order valence-electron chi connectivity index (χ2n) is 4.35. The molecule has 0 bridgehead atoms. The minimum Gasteiger partial charge on any atom is -0.380 e. The first-order chi connectivity index (χ1) is 9.98. The van der Waals surface area contributed by atoms with Crippen molar-refractivity contribution in [1.82, 2.24) is 0 Å². The third-order valence-electron chi connectivity index (χ3n) is 2.83. The van der Waals surface area contributed by atoms with E-state index < -0.39 is 11.7 Å². The summed E-state index contributed by atoms with van der Waals surface area (Å²) in [5.74, 6) is 0. The van der Waals surface area contributed by atoms with Crippen LogP contribution in [0.5, 0.6) is 0 Å². The molecule has 0 saturated heterocycles. The largest absolute Gasteiger partial charge is 0.418 e. The highest BCUT2D eigenvalue weighted by molar-refractivity contribution is 6.33. The molecule has 5 heteroatoms. The third-order valence-corrected chi connectivity index (χ3v) is 3.14. The first kappa shape index (κ1) is 15.4. The summed E-state index contributed by atoms with van der Waals surface area (Å²) < 4.78 is 38.7. The standard InChI is InChI=1S/C16H13ClF3N/c17-14-10-4-9-13(16(18,19)20)15(14)21-11-5-8-12-6-2-1-3-7-12/h1-10,21H,11H2. The number of hydrogen-bond acceptors (Lipinski definition) is 1. The Bertz CT molecular complexity index is 621. The zero-order valence-corrected chi connectivity index (χ0v) is 11.7. The summed E-state index contributed by atoms with van der Waals surface area (Å²) in [6.45, 7) is 0.252. The van der Waals surface area contributed by atoms with Crippen molar-refractivity contribution in [3.05, 3.63) is 70.8 Å². The van der Waals surface area contributed by atoms with E-state index in [1.807, 2.05) is 36.4 Å². The van der Waals surface area contributed by atoms with E-state index in [-0.39, 0.29) is 17.3 Å². The molecule has 0 atom stereocenters. The Kier molecular flexibility index (Phi) is 4.91. The van der Waals surface area contributed by atoms with E-state index in [0.717, 1.165) is 11.6 Å². The Morgan fingerprint density at radius 2 is 1.71 bits per heavy atom. The molecule has 2 aromatic carbocycles. The zero-order chi connectivity index (χ0) is 15.3. The van der Waals surface area contributed by atoms with Gasteiger partial charge in [0.25, 0.3) is 0 Å². The van der Waals surface area contributed by atoms with Crippen molar-refractivity contribution < 1.29 is 13.2 Å². The maximum atomic E-state index is 12.9. The van der Waals surface area contributed by atoms with Crippen molar-refractivity contribution in [3.63, 3.8) is 0 Å². The van der Waals surface area contributed by atoms with Crippen molar-refractivity contribution in [2.75, 3.05) is 11.9 Å². The molecule has 0 fully saturated rings. The minimum atomic E-state index is -4.43. The maximum absolute atomic E-state index is 12.9. The number of rotatable bonds is 4. The fourth-order valence-electron chi connectivity index (χ4n) is 1.86. The summed E-state index contributed by atoms with van der Waals surface area (Å²) in [5, 5.41) is 2.77. The van der Waals surface area contributed by atoms with E-state index in [4.69, 9.17) is 11.6 Å². The first-order valence-corrected chi connectivity index (χ1v) is 6.67. The van der Waals surface area contributed by atoms with Gasteiger partial charge in [0.1, 0.15) is 0 Å². The second kappa shape index (κ2) is 6.68. The number of para-hydroxylation sites is 1. The molecular formula is C16H13ClF3N. The van der Waals surface area contributed by atoms with Crippen LogP contribution in [-0.4, -0.2) is 6.54 Å². The molecule has 1 nitrogen and oxygen atoms in total. The lowest BCUT2D eigenvalue weighted by Crippen LogP contribution is -2.11. The van der Waals surface area contributed by atoms with Crippen molar-refractivity contribution in [3.8, 4) is 0 Å². The molecule has 0 aliphatic carbocycles. The molecular weight excluding hydrogens is 299 g/mol. The van der Waals surface area contributed by atoms with E-state index in [1.54, 1.807) is 6.08 Å².